The van der Waals surface area contributed by atoms with Crippen LogP contribution < -0.4 is 5.32 Å². The van der Waals surface area contributed by atoms with Crippen molar-refractivity contribution in [2.45, 2.75) is 16.2 Å². The molecule has 0 spiro atoms. The number of aliphatic imine (C=N–C) groups is 1. The van der Waals surface area contributed by atoms with Crippen LogP contribution in [0.1, 0.15) is 27.0 Å². The van der Waals surface area contributed by atoms with Gasteiger partial charge in [0.05, 0.1) is 11.4 Å². The van der Waals surface area contributed by atoms with Crippen LogP contribution in [0.15, 0.2) is 112 Å². The molecule has 0 aliphatic carbocycles. The molecule has 3 nitrogen and oxygen atoms in total. The monoisotopic (exact) mass is 452 g/mol. The number of hydrogen-bond acceptors (Lipinski definition) is 3. The SMILES string of the molecule is O=C(NCCc1ccccc1)c1ccc2c(c1)N=C(c1ccc(F)cc1)c1ccccc1S2. The zero-order valence-corrected chi connectivity index (χ0v) is 18.6. The van der Waals surface area contributed by atoms with E-state index < -0.39 is 0 Å². The molecular formula is C28H21FN2OS. The van der Waals surface area contributed by atoms with Crippen molar-refractivity contribution < 1.29 is 9.18 Å². The molecular weight excluding hydrogens is 431 g/mol. The van der Waals surface area contributed by atoms with Crippen molar-refractivity contribution in [2.75, 3.05) is 6.54 Å². The molecule has 0 radical (unpaired) electrons. The van der Waals surface area contributed by atoms with Crippen molar-refractivity contribution in [3.63, 3.8) is 0 Å². The summed E-state index contributed by atoms with van der Waals surface area (Å²) in [6.45, 7) is 0.560. The second-order valence-electron chi connectivity index (χ2n) is 7.74. The molecule has 33 heavy (non-hydrogen) atoms. The van der Waals surface area contributed by atoms with Crippen molar-refractivity contribution in [3.8, 4) is 0 Å². The Hall–Kier alpha value is -3.70. The lowest BCUT2D eigenvalue weighted by molar-refractivity contribution is 0.0954. The maximum atomic E-state index is 13.5. The van der Waals surface area contributed by atoms with Gasteiger partial charge < -0.3 is 5.32 Å². The quantitative estimate of drug-likeness (QED) is 0.334. The number of benzene rings is 4. The van der Waals surface area contributed by atoms with Crippen molar-refractivity contribution >= 4 is 29.1 Å². The highest BCUT2D eigenvalue weighted by Crippen LogP contribution is 2.41. The molecule has 1 aliphatic rings. The van der Waals surface area contributed by atoms with Gasteiger partial charge >= 0.3 is 0 Å². The van der Waals surface area contributed by atoms with Crippen molar-refractivity contribution in [1.82, 2.24) is 5.32 Å². The van der Waals surface area contributed by atoms with Gasteiger partial charge in [0.15, 0.2) is 0 Å². The Balaban J connectivity index is 1.45. The van der Waals surface area contributed by atoms with E-state index in [0.29, 0.717) is 12.1 Å². The number of hydrogen-bond donors (Lipinski definition) is 1. The fraction of sp³-hybridized carbons (Fsp3) is 0.0714. The smallest absolute Gasteiger partial charge is 0.251 e. The van der Waals surface area contributed by atoms with Gasteiger partial charge in [0.25, 0.3) is 5.91 Å². The number of carbonyl (C=O) groups is 1. The molecule has 0 saturated carbocycles. The van der Waals surface area contributed by atoms with E-state index in [1.54, 1.807) is 23.9 Å². The normalized spacial score (nSPS) is 12.2. The molecule has 0 aromatic heterocycles. The van der Waals surface area contributed by atoms with E-state index in [1.165, 1.54) is 17.7 Å². The van der Waals surface area contributed by atoms with Crippen molar-refractivity contribution in [1.29, 1.82) is 0 Å². The standard InChI is InChI=1S/C28H21FN2OS/c29-22-13-10-20(11-14-22)27-23-8-4-5-9-25(23)33-26-15-12-21(18-24(26)31-27)28(32)30-17-16-19-6-2-1-3-7-19/h1-15,18H,16-17H2,(H,30,32). The minimum absolute atomic E-state index is 0.126. The van der Waals surface area contributed by atoms with Gasteiger partial charge in [-0.2, -0.15) is 0 Å². The molecule has 1 aliphatic heterocycles. The molecule has 0 saturated heterocycles. The van der Waals surface area contributed by atoms with E-state index in [1.807, 2.05) is 54.6 Å². The van der Waals surface area contributed by atoms with Crippen LogP contribution in [-0.4, -0.2) is 18.2 Å². The minimum Gasteiger partial charge on any atom is -0.352 e. The fourth-order valence-corrected chi connectivity index (χ4v) is 4.78. The van der Waals surface area contributed by atoms with Gasteiger partial charge in [-0.25, -0.2) is 9.38 Å². The van der Waals surface area contributed by atoms with Crippen molar-refractivity contribution in [2.24, 2.45) is 4.99 Å². The lowest BCUT2D eigenvalue weighted by Gasteiger charge is -2.09. The van der Waals surface area contributed by atoms with Crippen LogP contribution in [-0.2, 0) is 6.42 Å². The molecule has 5 rings (SSSR count). The number of rotatable bonds is 5. The predicted octanol–water partition coefficient (Wildman–Crippen LogP) is 6.43. The van der Waals surface area contributed by atoms with Gasteiger partial charge in [0.1, 0.15) is 5.82 Å². The Morgan fingerprint density at radius 3 is 2.42 bits per heavy atom. The minimum atomic E-state index is -0.287. The van der Waals surface area contributed by atoms with Gasteiger partial charge in [0.2, 0.25) is 0 Å². The van der Waals surface area contributed by atoms with E-state index in [9.17, 15) is 9.18 Å². The lowest BCUT2D eigenvalue weighted by Crippen LogP contribution is -2.25. The Labute approximate surface area is 196 Å². The van der Waals surface area contributed by atoms with Crippen LogP contribution in [0.5, 0.6) is 0 Å². The molecule has 162 valence electrons. The maximum absolute atomic E-state index is 13.5. The largest absolute Gasteiger partial charge is 0.352 e. The number of halogens is 1. The first kappa shape index (κ1) is 21.2. The van der Waals surface area contributed by atoms with E-state index in [4.69, 9.17) is 4.99 Å². The topological polar surface area (TPSA) is 41.5 Å². The van der Waals surface area contributed by atoms with Gasteiger partial charge in [-0.15, -0.1) is 0 Å². The summed E-state index contributed by atoms with van der Waals surface area (Å²) in [6, 6.07) is 30.1. The van der Waals surface area contributed by atoms with Crippen LogP contribution in [0, 0.1) is 5.82 Å². The summed E-state index contributed by atoms with van der Waals surface area (Å²) in [4.78, 5) is 19.8. The van der Waals surface area contributed by atoms with E-state index in [0.717, 1.165) is 38.7 Å². The average molecular weight is 453 g/mol. The molecule has 0 unspecified atom stereocenters. The highest BCUT2D eigenvalue weighted by molar-refractivity contribution is 7.99. The lowest BCUT2D eigenvalue weighted by atomic mass is 10.0. The number of nitrogens with one attached hydrogen (secondary N) is 1. The van der Waals surface area contributed by atoms with Crippen LogP contribution in [0.4, 0.5) is 10.1 Å². The summed E-state index contributed by atoms with van der Waals surface area (Å²) in [5, 5.41) is 3.00. The maximum Gasteiger partial charge on any atom is 0.251 e. The first-order valence-corrected chi connectivity index (χ1v) is 11.6. The third-order valence-electron chi connectivity index (χ3n) is 5.48. The van der Waals surface area contributed by atoms with E-state index in [-0.39, 0.29) is 11.7 Å². The number of nitrogens with zero attached hydrogens (tertiary/aromatic N) is 1. The summed E-state index contributed by atoms with van der Waals surface area (Å²) in [5.41, 5.74) is 5.05. The molecule has 1 heterocycles. The third-order valence-corrected chi connectivity index (χ3v) is 6.62. The summed E-state index contributed by atoms with van der Waals surface area (Å²) >= 11 is 1.62. The molecule has 0 atom stereocenters. The summed E-state index contributed by atoms with van der Waals surface area (Å²) in [7, 11) is 0. The first-order chi connectivity index (χ1) is 16.2. The number of fused-ring (bicyclic) bond motifs is 2. The zero-order valence-electron chi connectivity index (χ0n) is 17.8. The summed E-state index contributed by atoms with van der Waals surface area (Å²) in [6.07, 6.45) is 0.773. The highest BCUT2D eigenvalue weighted by atomic mass is 32.2. The van der Waals surface area contributed by atoms with Crippen LogP contribution in [0.2, 0.25) is 0 Å². The van der Waals surface area contributed by atoms with Gasteiger partial charge in [-0.3, -0.25) is 4.79 Å². The second kappa shape index (κ2) is 9.43. The molecule has 0 fully saturated rings. The average Bonchev–Trinajstić information content (AvgIpc) is 3.01. The Morgan fingerprint density at radius 2 is 1.61 bits per heavy atom. The summed E-state index contributed by atoms with van der Waals surface area (Å²) < 4.78 is 13.5. The number of carbonyl (C=O) groups excluding carboxylic acids is 1. The van der Waals surface area contributed by atoms with Crippen LogP contribution in [0.25, 0.3) is 0 Å². The first-order valence-electron chi connectivity index (χ1n) is 10.8. The molecule has 4 aromatic carbocycles. The van der Waals surface area contributed by atoms with Crippen molar-refractivity contribution in [3.05, 3.63) is 125 Å². The van der Waals surface area contributed by atoms with Gasteiger partial charge in [-0.05, 0) is 60.5 Å². The molecule has 0 bridgehead atoms. The second-order valence-corrected chi connectivity index (χ2v) is 8.82. The third kappa shape index (κ3) is 4.73. The van der Waals surface area contributed by atoms with Crippen LogP contribution >= 0.6 is 11.8 Å². The molecule has 1 N–H and O–H groups in total. The van der Waals surface area contributed by atoms with Gasteiger partial charge in [0, 0.05) is 33.0 Å². The Kier molecular flexibility index (Phi) is 6.05. The van der Waals surface area contributed by atoms with E-state index in [2.05, 4.69) is 23.5 Å². The fourth-order valence-electron chi connectivity index (χ4n) is 3.78. The van der Waals surface area contributed by atoms with Gasteiger partial charge in [-0.1, -0.05) is 60.3 Å². The Morgan fingerprint density at radius 1 is 0.848 bits per heavy atom. The predicted molar refractivity (Wildman–Crippen MR) is 131 cm³/mol. The summed E-state index contributed by atoms with van der Waals surface area (Å²) in [5.74, 6) is -0.412. The molecule has 1 amide bonds. The van der Waals surface area contributed by atoms with Crippen LogP contribution in [0.3, 0.4) is 0 Å². The van der Waals surface area contributed by atoms with E-state index >= 15 is 0 Å². The molecule has 4 aromatic rings. The Bertz CT molecular complexity index is 1330. The zero-order chi connectivity index (χ0) is 22.6. The molecule has 5 heteroatoms. The number of amides is 1. The highest BCUT2D eigenvalue weighted by Gasteiger charge is 2.20.